The van der Waals surface area contributed by atoms with Crippen LogP contribution in [0.2, 0.25) is 0 Å². The summed E-state index contributed by atoms with van der Waals surface area (Å²) in [6.07, 6.45) is 2.44. The minimum atomic E-state index is -0.429. The molecule has 106 valence electrons. The van der Waals surface area contributed by atoms with Gasteiger partial charge >= 0.3 is 0 Å². The molecule has 1 aromatic carbocycles. The number of aliphatic hydroxyl groups excluding tert-OH is 1. The van der Waals surface area contributed by atoms with Crippen LogP contribution in [0.25, 0.3) is 0 Å². The van der Waals surface area contributed by atoms with Crippen LogP contribution in [0.5, 0.6) is 0 Å². The van der Waals surface area contributed by atoms with Crippen LogP contribution in [0, 0.1) is 5.82 Å². The second-order valence-electron chi connectivity index (χ2n) is 4.42. The van der Waals surface area contributed by atoms with E-state index in [0.29, 0.717) is 12.1 Å². The minimum Gasteiger partial charge on any atom is -0.396 e. The van der Waals surface area contributed by atoms with E-state index in [1.807, 2.05) is 0 Å². The van der Waals surface area contributed by atoms with Crippen molar-refractivity contribution in [2.45, 2.75) is 19.3 Å². The van der Waals surface area contributed by atoms with Gasteiger partial charge in [0.15, 0.2) is 0 Å². The number of benzene rings is 1. The van der Waals surface area contributed by atoms with E-state index in [1.54, 1.807) is 25.1 Å². The molecule has 0 saturated heterocycles. The molecule has 19 heavy (non-hydrogen) atoms. The maximum absolute atomic E-state index is 13.6. The summed E-state index contributed by atoms with van der Waals surface area (Å²) in [4.78, 5) is 13.8. The van der Waals surface area contributed by atoms with Gasteiger partial charge in [-0.2, -0.15) is 0 Å². The first-order valence-corrected chi connectivity index (χ1v) is 6.44. The molecule has 4 nitrogen and oxygen atoms in total. The summed E-state index contributed by atoms with van der Waals surface area (Å²) in [6, 6.07) is 4.47. The van der Waals surface area contributed by atoms with Crippen molar-refractivity contribution < 1.29 is 14.3 Å². The Hall–Kier alpha value is -1.62. The van der Waals surface area contributed by atoms with Crippen LogP contribution >= 0.6 is 0 Å². The average molecular weight is 268 g/mol. The van der Waals surface area contributed by atoms with E-state index in [2.05, 4.69) is 5.32 Å². The Kier molecular flexibility index (Phi) is 6.29. The number of nitrogens with zero attached hydrogens (tertiary/aromatic N) is 1. The zero-order valence-electron chi connectivity index (χ0n) is 11.4. The van der Waals surface area contributed by atoms with E-state index in [0.717, 1.165) is 19.3 Å². The monoisotopic (exact) mass is 268 g/mol. The molecule has 0 atom stereocenters. The number of unbranched alkanes of at least 4 members (excludes halogenated alkanes) is 2. The van der Waals surface area contributed by atoms with Gasteiger partial charge in [-0.15, -0.1) is 0 Å². The highest BCUT2D eigenvalue weighted by atomic mass is 19.1. The number of aliphatic hydroxyl groups is 1. The van der Waals surface area contributed by atoms with Crippen molar-refractivity contribution >= 4 is 11.6 Å². The van der Waals surface area contributed by atoms with Gasteiger partial charge in [-0.3, -0.25) is 4.79 Å². The van der Waals surface area contributed by atoms with Crippen molar-refractivity contribution in [1.82, 2.24) is 4.90 Å². The molecule has 0 saturated carbocycles. The van der Waals surface area contributed by atoms with Gasteiger partial charge in [0, 0.05) is 27.2 Å². The minimum absolute atomic E-state index is 0.172. The highest BCUT2D eigenvalue weighted by Crippen LogP contribution is 2.20. The Morgan fingerprint density at radius 2 is 2.11 bits per heavy atom. The van der Waals surface area contributed by atoms with Crippen LogP contribution < -0.4 is 5.32 Å². The average Bonchev–Trinajstić information content (AvgIpc) is 2.42. The smallest absolute Gasteiger partial charge is 0.255 e. The molecule has 1 amide bonds. The van der Waals surface area contributed by atoms with Crippen molar-refractivity contribution in [2.24, 2.45) is 0 Å². The number of carbonyl (C=O) groups is 1. The second kappa shape index (κ2) is 7.74. The predicted molar refractivity (Wildman–Crippen MR) is 73.8 cm³/mol. The first-order valence-electron chi connectivity index (χ1n) is 6.44. The third-order valence-electron chi connectivity index (χ3n) is 2.99. The Balaban J connectivity index is 2.69. The number of rotatable bonds is 7. The van der Waals surface area contributed by atoms with Crippen molar-refractivity contribution in [1.29, 1.82) is 0 Å². The Labute approximate surface area is 113 Å². The van der Waals surface area contributed by atoms with E-state index >= 15 is 0 Å². The van der Waals surface area contributed by atoms with E-state index in [4.69, 9.17) is 5.11 Å². The Bertz CT molecular complexity index is 424. The fourth-order valence-electron chi connectivity index (χ4n) is 1.90. The van der Waals surface area contributed by atoms with Crippen molar-refractivity contribution in [3.8, 4) is 0 Å². The lowest BCUT2D eigenvalue weighted by atomic mass is 10.1. The molecule has 0 heterocycles. The molecule has 0 aliphatic carbocycles. The molecule has 0 radical (unpaired) electrons. The Morgan fingerprint density at radius 3 is 2.74 bits per heavy atom. The summed E-state index contributed by atoms with van der Waals surface area (Å²) in [5.74, 6) is -0.630. The Morgan fingerprint density at radius 1 is 1.37 bits per heavy atom. The fourth-order valence-corrected chi connectivity index (χ4v) is 1.90. The van der Waals surface area contributed by atoms with Gasteiger partial charge in [0.2, 0.25) is 0 Å². The quantitative estimate of drug-likeness (QED) is 0.745. The first-order chi connectivity index (χ1) is 9.11. The molecule has 0 bridgehead atoms. The van der Waals surface area contributed by atoms with E-state index in [-0.39, 0.29) is 18.2 Å². The molecule has 5 heteroatoms. The van der Waals surface area contributed by atoms with Gasteiger partial charge in [0.05, 0.1) is 11.3 Å². The fraction of sp³-hybridized carbons (Fsp3) is 0.500. The zero-order valence-corrected chi connectivity index (χ0v) is 11.4. The summed E-state index contributed by atoms with van der Waals surface area (Å²) in [5, 5.41) is 11.4. The van der Waals surface area contributed by atoms with Crippen LogP contribution in [0.4, 0.5) is 10.1 Å². The number of halogens is 1. The van der Waals surface area contributed by atoms with Crippen LogP contribution in [0.3, 0.4) is 0 Å². The summed E-state index contributed by atoms with van der Waals surface area (Å²) in [7, 11) is 3.29. The van der Waals surface area contributed by atoms with Crippen LogP contribution in [-0.4, -0.2) is 43.2 Å². The number of para-hydroxylation sites is 1. The molecule has 1 rings (SSSR count). The standard InChI is InChI=1S/C14H21FN2O2/c1-16-13-11(7-6-8-12(13)15)14(19)17(2)9-4-3-5-10-18/h6-8,16,18H,3-5,9-10H2,1-2H3. The van der Waals surface area contributed by atoms with Gasteiger partial charge in [-0.1, -0.05) is 6.07 Å². The van der Waals surface area contributed by atoms with Crippen molar-refractivity contribution in [2.75, 3.05) is 32.6 Å². The molecule has 0 aliphatic rings. The third-order valence-corrected chi connectivity index (χ3v) is 2.99. The highest BCUT2D eigenvalue weighted by Gasteiger charge is 2.17. The van der Waals surface area contributed by atoms with E-state index in [1.165, 1.54) is 12.1 Å². The highest BCUT2D eigenvalue weighted by molar-refractivity contribution is 5.99. The maximum atomic E-state index is 13.6. The van der Waals surface area contributed by atoms with Gasteiger partial charge < -0.3 is 15.3 Å². The predicted octanol–water partition coefficient (Wildman–Crippen LogP) is 2.10. The van der Waals surface area contributed by atoms with Gasteiger partial charge in [0.1, 0.15) is 5.82 Å². The topological polar surface area (TPSA) is 52.6 Å². The van der Waals surface area contributed by atoms with Crippen LogP contribution in [-0.2, 0) is 0 Å². The van der Waals surface area contributed by atoms with Crippen molar-refractivity contribution in [3.05, 3.63) is 29.6 Å². The molecule has 0 fully saturated rings. The summed E-state index contributed by atoms with van der Waals surface area (Å²) >= 11 is 0. The molecule has 0 unspecified atom stereocenters. The number of hydrogen-bond acceptors (Lipinski definition) is 3. The van der Waals surface area contributed by atoms with Gasteiger partial charge in [-0.25, -0.2) is 4.39 Å². The lowest BCUT2D eigenvalue weighted by Crippen LogP contribution is -2.28. The summed E-state index contributed by atoms with van der Waals surface area (Å²) < 4.78 is 13.6. The van der Waals surface area contributed by atoms with E-state index in [9.17, 15) is 9.18 Å². The lowest BCUT2D eigenvalue weighted by Gasteiger charge is -2.19. The van der Waals surface area contributed by atoms with Crippen LogP contribution in [0.15, 0.2) is 18.2 Å². The van der Waals surface area contributed by atoms with E-state index < -0.39 is 5.82 Å². The third kappa shape index (κ3) is 4.21. The summed E-state index contributed by atoms with van der Waals surface area (Å²) in [5.41, 5.74) is 0.571. The molecule has 2 N–H and O–H groups in total. The number of nitrogens with one attached hydrogen (secondary N) is 1. The number of amides is 1. The largest absolute Gasteiger partial charge is 0.396 e. The molecule has 0 spiro atoms. The number of hydrogen-bond donors (Lipinski definition) is 2. The van der Waals surface area contributed by atoms with Crippen molar-refractivity contribution in [3.63, 3.8) is 0 Å². The first kappa shape index (κ1) is 15.4. The van der Waals surface area contributed by atoms with Gasteiger partial charge in [-0.05, 0) is 31.4 Å². The number of anilines is 1. The summed E-state index contributed by atoms with van der Waals surface area (Å²) in [6.45, 7) is 0.768. The molecule has 0 aromatic heterocycles. The maximum Gasteiger partial charge on any atom is 0.255 e. The van der Waals surface area contributed by atoms with Gasteiger partial charge in [0.25, 0.3) is 5.91 Å². The normalized spacial score (nSPS) is 10.3. The number of carbonyl (C=O) groups excluding carboxylic acids is 1. The molecule has 1 aromatic rings. The molecular weight excluding hydrogens is 247 g/mol. The van der Waals surface area contributed by atoms with Crippen LogP contribution in [0.1, 0.15) is 29.6 Å². The SMILES string of the molecule is CNc1c(F)cccc1C(=O)N(C)CCCCCO. The zero-order chi connectivity index (χ0) is 14.3. The molecular formula is C14H21FN2O2. The second-order valence-corrected chi connectivity index (χ2v) is 4.42. The lowest BCUT2D eigenvalue weighted by molar-refractivity contribution is 0.0792. The molecule has 0 aliphatic heterocycles.